The first-order valence-electron chi connectivity index (χ1n) is 9.38. The van der Waals surface area contributed by atoms with Crippen LogP contribution in [0.5, 0.6) is 0 Å². The molecule has 1 saturated carbocycles. The molecule has 6 nitrogen and oxygen atoms in total. The lowest BCUT2D eigenvalue weighted by Gasteiger charge is -2.42. The van der Waals surface area contributed by atoms with E-state index in [4.69, 9.17) is 0 Å². The molecule has 2 aliphatic heterocycles. The summed E-state index contributed by atoms with van der Waals surface area (Å²) in [7, 11) is 6.27. The number of nitrogens with zero attached hydrogens (tertiary/aromatic N) is 3. The van der Waals surface area contributed by atoms with Crippen molar-refractivity contribution in [3.8, 4) is 0 Å². The molecule has 0 aromatic heterocycles. The van der Waals surface area contributed by atoms with Crippen LogP contribution < -0.4 is 10.6 Å². The van der Waals surface area contributed by atoms with Crippen molar-refractivity contribution < 1.29 is 4.79 Å². The van der Waals surface area contributed by atoms with Crippen molar-refractivity contribution in [1.82, 2.24) is 20.4 Å². The Labute approximate surface area is 169 Å². The van der Waals surface area contributed by atoms with Gasteiger partial charge in [-0.3, -0.25) is 9.79 Å². The molecule has 2 heterocycles. The molecule has 3 rings (SSSR count). The summed E-state index contributed by atoms with van der Waals surface area (Å²) in [5.41, 5.74) is 0.369. The maximum atomic E-state index is 11.7. The summed E-state index contributed by atoms with van der Waals surface area (Å²) in [6, 6.07) is 0. The smallest absolute Gasteiger partial charge is 0.220 e. The third kappa shape index (κ3) is 4.40. The van der Waals surface area contributed by atoms with Gasteiger partial charge in [0.25, 0.3) is 0 Å². The van der Waals surface area contributed by atoms with Gasteiger partial charge in [-0.25, -0.2) is 0 Å². The van der Waals surface area contributed by atoms with Crippen LogP contribution in [-0.4, -0.2) is 74.5 Å². The second-order valence-electron chi connectivity index (χ2n) is 8.21. The topological polar surface area (TPSA) is 60.0 Å². The van der Waals surface area contributed by atoms with Crippen molar-refractivity contribution in [2.24, 2.45) is 10.4 Å². The lowest BCUT2D eigenvalue weighted by atomic mass is 9.79. The van der Waals surface area contributed by atoms with Gasteiger partial charge in [0.05, 0.1) is 0 Å². The SMILES string of the molecule is CN=C(NCC1(N(C)C)CCCC1)N1CCCC2(CNC(=O)C2)C1.I. The number of nitrogens with one attached hydrogen (secondary N) is 2. The molecule has 1 unspecified atom stereocenters. The second kappa shape index (κ2) is 8.41. The monoisotopic (exact) mass is 463 g/mol. The summed E-state index contributed by atoms with van der Waals surface area (Å²) in [4.78, 5) is 21.0. The Hall–Kier alpha value is -0.570. The van der Waals surface area contributed by atoms with Crippen molar-refractivity contribution in [2.45, 2.75) is 50.5 Å². The van der Waals surface area contributed by atoms with Crippen LogP contribution in [-0.2, 0) is 4.79 Å². The first kappa shape index (κ1) is 20.7. The molecule has 1 aliphatic carbocycles. The fourth-order valence-corrected chi connectivity index (χ4v) is 4.82. The number of likely N-dealkylation sites (tertiary alicyclic amines) is 1. The van der Waals surface area contributed by atoms with Gasteiger partial charge in [0, 0.05) is 50.6 Å². The van der Waals surface area contributed by atoms with Crippen LogP contribution in [0.2, 0.25) is 0 Å². The average molecular weight is 463 g/mol. The molecule has 2 N–H and O–H groups in total. The average Bonchev–Trinajstić information content (AvgIpc) is 3.17. The number of aliphatic imine (C=N–C) groups is 1. The number of carbonyl (C=O) groups excluding carboxylic acids is 1. The van der Waals surface area contributed by atoms with E-state index in [-0.39, 0.29) is 40.8 Å². The molecule has 1 amide bonds. The van der Waals surface area contributed by atoms with E-state index in [1.165, 1.54) is 25.7 Å². The Kier molecular flexibility index (Phi) is 6.98. The summed E-state index contributed by atoms with van der Waals surface area (Å²) in [6.07, 6.45) is 8.09. The third-order valence-electron chi connectivity index (χ3n) is 6.43. The normalized spacial score (nSPS) is 29.0. The largest absolute Gasteiger partial charge is 0.355 e. The number of amides is 1. The standard InChI is InChI=1S/C18H33N5O.HI/c1-19-16(21-13-18(22(2)3)8-4-5-9-18)23-10-6-7-17(14-23)11-15(24)20-12-17;/h4-14H2,1-3H3,(H,19,21)(H,20,24);1H. The summed E-state index contributed by atoms with van der Waals surface area (Å²) < 4.78 is 0. The lowest BCUT2D eigenvalue weighted by molar-refractivity contribution is -0.119. The van der Waals surface area contributed by atoms with E-state index in [1.54, 1.807) is 0 Å². The van der Waals surface area contributed by atoms with Gasteiger partial charge in [-0.2, -0.15) is 0 Å². The highest BCUT2D eigenvalue weighted by Crippen LogP contribution is 2.36. The fourth-order valence-electron chi connectivity index (χ4n) is 4.82. The molecule has 1 spiro atoms. The van der Waals surface area contributed by atoms with E-state index < -0.39 is 0 Å². The minimum absolute atomic E-state index is 0. The first-order valence-corrected chi connectivity index (χ1v) is 9.38. The Balaban J connectivity index is 0.00000225. The number of hydrogen-bond donors (Lipinski definition) is 2. The summed E-state index contributed by atoms with van der Waals surface area (Å²) in [6.45, 7) is 3.74. The number of guanidine groups is 1. The molecule has 0 aromatic rings. The molecule has 25 heavy (non-hydrogen) atoms. The predicted molar refractivity (Wildman–Crippen MR) is 113 cm³/mol. The van der Waals surface area contributed by atoms with Crippen LogP contribution in [0.1, 0.15) is 44.9 Å². The number of carbonyl (C=O) groups is 1. The van der Waals surface area contributed by atoms with E-state index in [0.717, 1.165) is 45.0 Å². The zero-order chi connectivity index (χ0) is 17.2. The van der Waals surface area contributed by atoms with E-state index in [1.807, 2.05) is 7.05 Å². The van der Waals surface area contributed by atoms with Gasteiger partial charge in [-0.15, -0.1) is 24.0 Å². The van der Waals surface area contributed by atoms with Crippen molar-refractivity contribution in [1.29, 1.82) is 0 Å². The first-order chi connectivity index (χ1) is 11.5. The molecule has 144 valence electrons. The Bertz CT molecular complexity index is 504. The van der Waals surface area contributed by atoms with Crippen molar-refractivity contribution in [2.75, 3.05) is 47.3 Å². The Morgan fingerprint density at radius 1 is 1.28 bits per heavy atom. The molecular formula is C18H34IN5O. The highest BCUT2D eigenvalue weighted by Gasteiger charge is 2.43. The summed E-state index contributed by atoms with van der Waals surface area (Å²) >= 11 is 0. The quantitative estimate of drug-likeness (QED) is 0.380. The molecule has 3 aliphatic rings. The number of likely N-dealkylation sites (N-methyl/N-ethyl adjacent to an activating group) is 1. The molecule has 3 fully saturated rings. The Morgan fingerprint density at radius 3 is 2.56 bits per heavy atom. The Morgan fingerprint density at radius 2 is 2.00 bits per heavy atom. The predicted octanol–water partition coefficient (Wildman–Crippen LogP) is 1.66. The van der Waals surface area contributed by atoms with Crippen molar-refractivity contribution in [3.05, 3.63) is 0 Å². The van der Waals surface area contributed by atoms with Gasteiger partial charge < -0.3 is 20.4 Å². The molecule has 2 saturated heterocycles. The van der Waals surface area contributed by atoms with Gasteiger partial charge in [-0.05, 0) is 39.8 Å². The molecule has 0 bridgehead atoms. The van der Waals surface area contributed by atoms with E-state index in [0.29, 0.717) is 6.42 Å². The number of halogens is 1. The van der Waals surface area contributed by atoms with Crippen LogP contribution >= 0.6 is 24.0 Å². The second-order valence-corrected chi connectivity index (χ2v) is 8.21. The van der Waals surface area contributed by atoms with Crippen LogP contribution in [0.25, 0.3) is 0 Å². The molecule has 0 aromatic carbocycles. The zero-order valence-corrected chi connectivity index (χ0v) is 18.3. The third-order valence-corrected chi connectivity index (χ3v) is 6.43. The van der Waals surface area contributed by atoms with Crippen molar-refractivity contribution >= 4 is 35.8 Å². The van der Waals surface area contributed by atoms with Crippen LogP contribution in [0.4, 0.5) is 0 Å². The molecular weight excluding hydrogens is 429 g/mol. The molecule has 7 heteroatoms. The summed E-state index contributed by atoms with van der Waals surface area (Å²) in [5.74, 6) is 1.21. The lowest BCUT2D eigenvalue weighted by Crippen LogP contribution is -2.56. The van der Waals surface area contributed by atoms with Gasteiger partial charge in [0.15, 0.2) is 5.96 Å². The fraction of sp³-hybridized carbons (Fsp3) is 0.889. The highest BCUT2D eigenvalue weighted by molar-refractivity contribution is 14.0. The minimum Gasteiger partial charge on any atom is -0.355 e. The van der Waals surface area contributed by atoms with E-state index in [9.17, 15) is 4.79 Å². The van der Waals surface area contributed by atoms with Crippen molar-refractivity contribution in [3.63, 3.8) is 0 Å². The number of hydrogen-bond acceptors (Lipinski definition) is 3. The van der Waals surface area contributed by atoms with E-state index >= 15 is 0 Å². The number of piperidine rings is 1. The van der Waals surface area contributed by atoms with Gasteiger partial charge in [0.1, 0.15) is 0 Å². The zero-order valence-electron chi connectivity index (χ0n) is 15.9. The van der Waals surface area contributed by atoms with Gasteiger partial charge in [0.2, 0.25) is 5.91 Å². The van der Waals surface area contributed by atoms with Gasteiger partial charge >= 0.3 is 0 Å². The van der Waals surface area contributed by atoms with Gasteiger partial charge in [-0.1, -0.05) is 12.8 Å². The van der Waals surface area contributed by atoms with Crippen LogP contribution in [0, 0.1) is 5.41 Å². The minimum atomic E-state index is 0. The van der Waals surface area contributed by atoms with Crippen LogP contribution in [0.15, 0.2) is 4.99 Å². The molecule has 1 atom stereocenters. The maximum absolute atomic E-state index is 11.7. The molecule has 0 radical (unpaired) electrons. The summed E-state index contributed by atoms with van der Waals surface area (Å²) in [5, 5.41) is 6.67. The number of rotatable bonds is 3. The highest BCUT2D eigenvalue weighted by atomic mass is 127. The maximum Gasteiger partial charge on any atom is 0.220 e. The van der Waals surface area contributed by atoms with E-state index in [2.05, 4.69) is 39.5 Å². The van der Waals surface area contributed by atoms with Crippen LogP contribution in [0.3, 0.4) is 0 Å².